The summed E-state index contributed by atoms with van der Waals surface area (Å²) in [6, 6.07) is 0. The Morgan fingerprint density at radius 1 is 1.22 bits per heavy atom. The van der Waals surface area contributed by atoms with Crippen molar-refractivity contribution < 1.29 is 38.5 Å². The predicted molar refractivity (Wildman–Crippen MR) is 133 cm³/mol. The minimum absolute atomic E-state index is 0. The van der Waals surface area contributed by atoms with E-state index in [1.54, 1.807) is 14.0 Å². The Bertz CT molecular complexity index is 906. The number of aliphatic hydroxyl groups is 1. The molecule has 204 valence electrons. The third kappa shape index (κ3) is 5.07. The SMILES string of the molecule is CNCCOC(=O)/C=C1\CC[C@H]2[C@@H]([C@@H](O)C(=O)[C@@H]3[C@]2(C)CC[C@H](OC(C)=O)[C@]3(C)C(=O)OC)[C@H]1C.Cl. The van der Waals surface area contributed by atoms with Gasteiger partial charge in [-0.15, -0.1) is 12.4 Å². The Labute approximate surface area is 219 Å². The van der Waals surface area contributed by atoms with E-state index in [0.717, 1.165) is 5.57 Å². The fraction of sp³-hybridized carbons (Fsp3) is 0.769. The largest absolute Gasteiger partial charge is 0.468 e. The van der Waals surface area contributed by atoms with Crippen LogP contribution in [0.15, 0.2) is 11.6 Å². The van der Waals surface area contributed by atoms with Crippen molar-refractivity contribution in [2.45, 2.75) is 65.6 Å². The molecule has 0 amide bonds. The summed E-state index contributed by atoms with van der Waals surface area (Å²) in [5.41, 5.74) is -1.15. The highest BCUT2D eigenvalue weighted by atomic mass is 35.5. The number of esters is 3. The molecule has 0 aromatic heterocycles. The summed E-state index contributed by atoms with van der Waals surface area (Å²) in [5, 5.41) is 14.2. The molecule has 3 aliphatic rings. The maximum absolute atomic E-state index is 13.8. The van der Waals surface area contributed by atoms with Gasteiger partial charge in [0.2, 0.25) is 0 Å². The molecule has 0 aromatic carbocycles. The molecule has 2 N–H and O–H groups in total. The Morgan fingerprint density at radius 2 is 1.89 bits per heavy atom. The number of rotatable bonds is 6. The Kier molecular flexibility index (Phi) is 9.76. The van der Waals surface area contributed by atoms with Gasteiger partial charge in [0.05, 0.1) is 7.11 Å². The van der Waals surface area contributed by atoms with E-state index in [4.69, 9.17) is 14.2 Å². The molecule has 0 unspecified atom stereocenters. The number of aliphatic hydroxyl groups excluding tert-OH is 1. The number of Topliss-reactive ketones (excluding diaryl/α,β-unsaturated/α-hetero) is 1. The Morgan fingerprint density at radius 3 is 2.47 bits per heavy atom. The summed E-state index contributed by atoms with van der Waals surface area (Å²) in [7, 11) is 3.03. The molecule has 3 saturated carbocycles. The summed E-state index contributed by atoms with van der Waals surface area (Å²) in [5.74, 6) is -3.52. The van der Waals surface area contributed by atoms with Crippen molar-refractivity contribution in [2.75, 3.05) is 27.3 Å². The summed E-state index contributed by atoms with van der Waals surface area (Å²) in [6.07, 6.45) is 1.66. The van der Waals surface area contributed by atoms with Crippen LogP contribution in [0, 0.1) is 34.5 Å². The summed E-state index contributed by atoms with van der Waals surface area (Å²) < 4.78 is 15.9. The zero-order valence-electron chi connectivity index (χ0n) is 22.0. The average Bonchev–Trinajstić information content (AvgIpc) is 2.80. The summed E-state index contributed by atoms with van der Waals surface area (Å²) in [6.45, 7) is 7.66. The second-order valence-corrected chi connectivity index (χ2v) is 10.7. The molecule has 10 heteroatoms. The number of allylic oxidation sites excluding steroid dienone is 1. The molecule has 9 nitrogen and oxygen atoms in total. The number of carbonyl (C=O) groups excluding carboxylic acids is 4. The molecule has 0 saturated heterocycles. The molecule has 0 heterocycles. The van der Waals surface area contributed by atoms with Gasteiger partial charge in [0.15, 0.2) is 5.78 Å². The number of hydrogen-bond donors (Lipinski definition) is 2. The van der Waals surface area contributed by atoms with Gasteiger partial charge in [-0.1, -0.05) is 19.4 Å². The number of fused-ring (bicyclic) bond motifs is 3. The molecule has 36 heavy (non-hydrogen) atoms. The van der Waals surface area contributed by atoms with Crippen molar-refractivity contribution in [2.24, 2.45) is 34.5 Å². The van der Waals surface area contributed by atoms with E-state index in [1.165, 1.54) is 20.1 Å². The van der Waals surface area contributed by atoms with Gasteiger partial charge in [-0.3, -0.25) is 14.4 Å². The van der Waals surface area contributed by atoms with E-state index in [2.05, 4.69) is 5.32 Å². The van der Waals surface area contributed by atoms with Gasteiger partial charge < -0.3 is 24.6 Å². The fourth-order valence-corrected chi connectivity index (χ4v) is 7.24. The second kappa shape index (κ2) is 11.6. The number of carbonyl (C=O) groups is 4. The van der Waals surface area contributed by atoms with Gasteiger partial charge in [0, 0.05) is 31.4 Å². The van der Waals surface area contributed by atoms with Crippen LogP contribution in [-0.2, 0) is 33.4 Å². The first-order valence-electron chi connectivity index (χ1n) is 12.4. The number of halogens is 1. The second-order valence-electron chi connectivity index (χ2n) is 10.7. The lowest BCUT2D eigenvalue weighted by atomic mass is 9.41. The normalized spacial score (nSPS) is 38.8. The molecular formula is C26H40ClNO8. The average molecular weight is 530 g/mol. The van der Waals surface area contributed by atoms with Gasteiger partial charge >= 0.3 is 17.9 Å². The van der Waals surface area contributed by atoms with Crippen molar-refractivity contribution in [3.8, 4) is 0 Å². The molecule has 0 radical (unpaired) electrons. The van der Waals surface area contributed by atoms with E-state index in [0.29, 0.717) is 32.2 Å². The summed E-state index contributed by atoms with van der Waals surface area (Å²) in [4.78, 5) is 51.1. The minimum Gasteiger partial charge on any atom is -0.468 e. The third-order valence-corrected chi connectivity index (χ3v) is 8.86. The number of ketones is 1. The number of likely N-dealkylation sites (N-methyl/N-ethyl adjacent to an activating group) is 1. The monoisotopic (exact) mass is 529 g/mol. The predicted octanol–water partition coefficient (Wildman–Crippen LogP) is 2.23. The maximum Gasteiger partial charge on any atom is 0.330 e. The molecule has 8 atom stereocenters. The number of ether oxygens (including phenoxy) is 3. The van der Waals surface area contributed by atoms with E-state index in [1.807, 2.05) is 13.8 Å². The molecule has 3 fully saturated rings. The van der Waals surface area contributed by atoms with Crippen molar-refractivity contribution in [3.05, 3.63) is 11.6 Å². The minimum atomic E-state index is -1.41. The van der Waals surface area contributed by atoms with Crippen LogP contribution < -0.4 is 5.32 Å². The van der Waals surface area contributed by atoms with Gasteiger partial charge in [-0.05, 0) is 56.9 Å². The lowest BCUT2D eigenvalue weighted by Gasteiger charge is -2.62. The Balaban J connectivity index is 0.00000456. The van der Waals surface area contributed by atoms with E-state index in [-0.39, 0.29) is 36.8 Å². The lowest BCUT2D eigenvalue weighted by Crippen LogP contribution is -2.68. The highest BCUT2D eigenvalue weighted by Gasteiger charge is 2.69. The molecule has 0 spiro atoms. The number of nitrogens with one attached hydrogen (secondary N) is 1. The Hall–Kier alpha value is -1.97. The molecule has 3 aliphatic carbocycles. The highest BCUT2D eigenvalue weighted by molar-refractivity contribution is 5.94. The van der Waals surface area contributed by atoms with E-state index >= 15 is 0 Å². The van der Waals surface area contributed by atoms with Crippen molar-refractivity contribution >= 4 is 36.1 Å². The maximum atomic E-state index is 13.8. The van der Waals surface area contributed by atoms with Crippen LogP contribution in [0.4, 0.5) is 0 Å². The van der Waals surface area contributed by atoms with Crippen LogP contribution in [0.25, 0.3) is 0 Å². The fourth-order valence-electron chi connectivity index (χ4n) is 7.24. The topological polar surface area (TPSA) is 128 Å². The molecule has 0 bridgehead atoms. The molecular weight excluding hydrogens is 490 g/mol. The van der Waals surface area contributed by atoms with Gasteiger partial charge in [0.25, 0.3) is 0 Å². The highest BCUT2D eigenvalue weighted by Crippen LogP contribution is 2.64. The van der Waals surface area contributed by atoms with Gasteiger partial charge in [0.1, 0.15) is 24.2 Å². The quantitative estimate of drug-likeness (QED) is 0.230. The van der Waals surface area contributed by atoms with Crippen LogP contribution in [-0.4, -0.2) is 68.3 Å². The number of methoxy groups -OCH3 is 1. The molecule has 3 rings (SSSR count). The van der Waals surface area contributed by atoms with Crippen molar-refractivity contribution in [1.82, 2.24) is 5.32 Å². The smallest absolute Gasteiger partial charge is 0.330 e. The van der Waals surface area contributed by atoms with Crippen LogP contribution in [0.2, 0.25) is 0 Å². The van der Waals surface area contributed by atoms with Crippen molar-refractivity contribution in [3.63, 3.8) is 0 Å². The third-order valence-electron chi connectivity index (χ3n) is 8.86. The van der Waals surface area contributed by atoms with E-state index < -0.39 is 52.6 Å². The zero-order valence-corrected chi connectivity index (χ0v) is 22.8. The van der Waals surface area contributed by atoms with Crippen LogP contribution >= 0.6 is 12.4 Å². The van der Waals surface area contributed by atoms with Crippen molar-refractivity contribution in [1.29, 1.82) is 0 Å². The first-order valence-corrected chi connectivity index (χ1v) is 12.4. The van der Waals surface area contributed by atoms with Crippen LogP contribution in [0.3, 0.4) is 0 Å². The van der Waals surface area contributed by atoms with Gasteiger partial charge in [-0.2, -0.15) is 0 Å². The lowest BCUT2D eigenvalue weighted by molar-refractivity contribution is -0.215. The molecule has 0 aromatic rings. The zero-order chi connectivity index (χ0) is 26.1. The van der Waals surface area contributed by atoms with Crippen LogP contribution in [0.5, 0.6) is 0 Å². The van der Waals surface area contributed by atoms with Crippen LogP contribution in [0.1, 0.15) is 53.4 Å². The first kappa shape index (κ1) is 30.3. The standard InChI is InChI=1S/C26H39NO8.ClH/c1-14-16(13-19(29)34-12-11-27-5)7-8-17-20(14)21(30)22(31)23-25(17,3)10-9-18(35-15(2)28)26(23,4)24(32)33-6;/h13-14,17-18,20-21,23,27,30H,7-12H2,1-6H3;1H/b16-13+;/t14-,17-,18-,20-,21+,23+,25+,26-;/m0./s1. The number of hydrogen-bond acceptors (Lipinski definition) is 9. The molecule has 0 aliphatic heterocycles. The van der Waals surface area contributed by atoms with E-state index in [9.17, 15) is 24.3 Å². The van der Waals surface area contributed by atoms with Gasteiger partial charge in [-0.25, -0.2) is 4.79 Å². The summed E-state index contributed by atoms with van der Waals surface area (Å²) >= 11 is 0. The first-order chi connectivity index (χ1) is 16.4.